The Morgan fingerprint density at radius 1 is 1.11 bits per heavy atom. The Hall–Kier alpha value is -3.24. The van der Waals surface area contributed by atoms with Crippen LogP contribution in [0.4, 0.5) is 24.8 Å². The zero-order chi connectivity index (χ0) is 26.8. The van der Waals surface area contributed by atoms with Gasteiger partial charge in [0.25, 0.3) is 0 Å². The van der Waals surface area contributed by atoms with Crippen molar-refractivity contribution >= 4 is 39.7 Å². The van der Waals surface area contributed by atoms with Crippen LogP contribution in [0.3, 0.4) is 0 Å². The molecule has 0 aliphatic carbocycles. The predicted octanol–water partition coefficient (Wildman–Crippen LogP) is 5.18. The lowest BCUT2D eigenvalue weighted by molar-refractivity contribution is -0.137. The van der Waals surface area contributed by atoms with Gasteiger partial charge >= 0.3 is 6.18 Å². The van der Waals surface area contributed by atoms with E-state index >= 15 is 0 Å². The summed E-state index contributed by atoms with van der Waals surface area (Å²) in [5, 5.41) is 4.04. The maximum atomic E-state index is 13.4. The lowest BCUT2D eigenvalue weighted by Crippen LogP contribution is -2.45. The average molecular weight is 544 g/mol. The number of allylic oxidation sites excluding steroid dienone is 2. The van der Waals surface area contributed by atoms with Gasteiger partial charge in [-0.25, -0.2) is 9.97 Å². The number of benzene rings is 1. The van der Waals surface area contributed by atoms with Crippen LogP contribution in [-0.4, -0.2) is 59.6 Å². The molecule has 3 aromatic rings. The molecule has 0 amide bonds. The van der Waals surface area contributed by atoms with E-state index in [9.17, 15) is 13.2 Å². The van der Waals surface area contributed by atoms with Crippen LogP contribution in [0.5, 0.6) is 0 Å². The molecule has 7 nitrogen and oxygen atoms in total. The van der Waals surface area contributed by atoms with Crippen molar-refractivity contribution in [3.63, 3.8) is 0 Å². The van der Waals surface area contributed by atoms with Crippen LogP contribution in [0.15, 0.2) is 36.2 Å². The zero-order valence-corrected chi connectivity index (χ0v) is 22.1. The topological polar surface area (TPSA) is 63.3 Å². The number of H-pyrrole nitrogens is 1. The molecule has 0 saturated carbocycles. The van der Waals surface area contributed by atoms with Crippen LogP contribution in [-0.2, 0) is 19.1 Å². The van der Waals surface area contributed by atoms with Gasteiger partial charge < -0.3 is 25.0 Å². The van der Waals surface area contributed by atoms with E-state index in [1.807, 2.05) is 7.05 Å². The second-order valence-corrected chi connectivity index (χ2v) is 10.3. The SMILES string of the molecule is C=C1C(N2CCNCC2)=C(CC)N(Cc2[nH]c3ccc(C(F)(F)F)cc3c2Cl)c2nc3c(nc21)N(C)CC3. The van der Waals surface area contributed by atoms with E-state index in [0.717, 1.165) is 85.5 Å². The standard InChI is InChI=1S/C27H29ClF3N7/c1-4-21-24(37-11-8-32-9-12-37)15(2)23-26(34-19-7-10-36(3)25(19)35-23)38(21)14-20-22(28)17-13-16(27(29,30)31)5-6-18(17)33-20/h5-6,13,32-33H,2,4,7-12,14H2,1,3H3. The summed E-state index contributed by atoms with van der Waals surface area (Å²) in [7, 11) is 2.01. The number of rotatable bonds is 4. The minimum Gasteiger partial charge on any atom is -0.367 e. The van der Waals surface area contributed by atoms with Gasteiger partial charge in [-0.3, -0.25) is 0 Å². The molecule has 0 radical (unpaired) electrons. The number of hydrogen-bond donors (Lipinski definition) is 2. The fourth-order valence-electron chi connectivity index (χ4n) is 5.69. The Labute approximate surface area is 224 Å². The maximum absolute atomic E-state index is 13.4. The van der Waals surface area contributed by atoms with Crippen molar-refractivity contribution in [3.05, 3.63) is 63.8 Å². The predicted molar refractivity (Wildman–Crippen MR) is 144 cm³/mol. The first kappa shape index (κ1) is 25.1. The summed E-state index contributed by atoms with van der Waals surface area (Å²) in [4.78, 5) is 19.9. The van der Waals surface area contributed by atoms with Crippen molar-refractivity contribution in [1.29, 1.82) is 0 Å². The van der Waals surface area contributed by atoms with Gasteiger partial charge in [0, 0.05) is 68.4 Å². The summed E-state index contributed by atoms with van der Waals surface area (Å²) in [6.07, 6.45) is -2.93. The normalized spacial score (nSPS) is 18.1. The molecule has 2 N–H and O–H groups in total. The van der Waals surface area contributed by atoms with Crippen molar-refractivity contribution in [2.75, 3.05) is 49.6 Å². The fraction of sp³-hybridized carbons (Fsp3) is 0.407. The molecule has 1 fully saturated rings. The van der Waals surface area contributed by atoms with Crippen LogP contribution in [0.2, 0.25) is 5.02 Å². The van der Waals surface area contributed by atoms with E-state index in [1.54, 1.807) is 0 Å². The highest BCUT2D eigenvalue weighted by atomic mass is 35.5. The number of halogens is 4. The average Bonchev–Trinajstić information content (AvgIpc) is 3.42. The molecular weight excluding hydrogens is 515 g/mol. The molecule has 5 heterocycles. The Morgan fingerprint density at radius 2 is 1.87 bits per heavy atom. The van der Waals surface area contributed by atoms with E-state index in [1.165, 1.54) is 6.07 Å². The van der Waals surface area contributed by atoms with Crippen molar-refractivity contribution < 1.29 is 13.2 Å². The molecule has 0 bridgehead atoms. The lowest BCUT2D eigenvalue weighted by atomic mass is 9.98. The maximum Gasteiger partial charge on any atom is 0.416 e. The number of piperazine rings is 1. The highest BCUT2D eigenvalue weighted by Crippen LogP contribution is 2.44. The lowest BCUT2D eigenvalue weighted by Gasteiger charge is -2.41. The number of anilines is 2. The van der Waals surface area contributed by atoms with E-state index in [2.05, 4.69) is 38.5 Å². The van der Waals surface area contributed by atoms with Gasteiger partial charge in [0.05, 0.1) is 34.2 Å². The smallest absolute Gasteiger partial charge is 0.367 e. The minimum absolute atomic E-state index is 0.282. The number of likely N-dealkylation sites (N-methyl/N-ethyl adjacent to an activating group) is 1. The number of nitrogens with zero attached hydrogens (tertiary/aromatic N) is 5. The van der Waals surface area contributed by atoms with E-state index < -0.39 is 11.7 Å². The Kier molecular flexibility index (Phi) is 6.07. The molecule has 0 spiro atoms. The quantitative estimate of drug-likeness (QED) is 0.473. The van der Waals surface area contributed by atoms with Crippen molar-refractivity contribution in [2.45, 2.75) is 32.5 Å². The Morgan fingerprint density at radius 3 is 2.58 bits per heavy atom. The minimum atomic E-state index is -4.44. The Bertz CT molecular complexity index is 1470. The second kappa shape index (κ2) is 9.20. The fourth-order valence-corrected chi connectivity index (χ4v) is 5.95. The third-order valence-corrected chi connectivity index (χ3v) is 8.05. The molecular formula is C27H29ClF3N7. The molecule has 3 aliphatic rings. The third-order valence-electron chi connectivity index (χ3n) is 7.62. The molecule has 0 atom stereocenters. The van der Waals surface area contributed by atoms with Crippen LogP contribution in [0.1, 0.15) is 36.0 Å². The van der Waals surface area contributed by atoms with Crippen molar-refractivity contribution in [2.24, 2.45) is 0 Å². The highest BCUT2D eigenvalue weighted by molar-refractivity contribution is 6.36. The first-order chi connectivity index (χ1) is 18.2. The number of hydrogen-bond acceptors (Lipinski definition) is 6. The number of aromatic amines is 1. The monoisotopic (exact) mass is 543 g/mol. The van der Waals surface area contributed by atoms with Crippen molar-refractivity contribution in [3.8, 4) is 0 Å². The largest absolute Gasteiger partial charge is 0.416 e. The summed E-state index contributed by atoms with van der Waals surface area (Å²) in [6, 6.07) is 3.62. The van der Waals surface area contributed by atoms with E-state index in [-0.39, 0.29) is 5.02 Å². The summed E-state index contributed by atoms with van der Waals surface area (Å²) in [5.74, 6) is 1.58. The molecule has 38 heavy (non-hydrogen) atoms. The summed E-state index contributed by atoms with van der Waals surface area (Å²) < 4.78 is 40.1. The molecule has 1 aromatic carbocycles. The van der Waals surface area contributed by atoms with Gasteiger partial charge in [0.1, 0.15) is 5.69 Å². The zero-order valence-electron chi connectivity index (χ0n) is 21.3. The van der Waals surface area contributed by atoms with Gasteiger partial charge in [-0.15, -0.1) is 0 Å². The first-order valence-corrected chi connectivity index (χ1v) is 13.2. The van der Waals surface area contributed by atoms with Gasteiger partial charge in [0.15, 0.2) is 11.6 Å². The van der Waals surface area contributed by atoms with Crippen LogP contribution in [0.25, 0.3) is 16.5 Å². The number of fused-ring (bicyclic) bond motifs is 3. The number of nitrogens with one attached hydrogen (secondary N) is 2. The van der Waals surface area contributed by atoms with E-state index in [4.69, 9.17) is 21.6 Å². The second-order valence-electron chi connectivity index (χ2n) is 9.96. The molecule has 2 aromatic heterocycles. The van der Waals surface area contributed by atoms with Crippen LogP contribution < -0.4 is 15.1 Å². The summed E-state index contributed by atoms with van der Waals surface area (Å²) in [5.41, 5.74) is 5.08. The van der Waals surface area contributed by atoms with E-state index in [0.29, 0.717) is 35.4 Å². The van der Waals surface area contributed by atoms with Gasteiger partial charge in [-0.1, -0.05) is 25.1 Å². The Balaban J connectivity index is 1.49. The van der Waals surface area contributed by atoms with Gasteiger partial charge in [0.2, 0.25) is 0 Å². The van der Waals surface area contributed by atoms with Gasteiger partial charge in [-0.2, -0.15) is 13.2 Å². The number of aromatic nitrogens is 3. The van der Waals surface area contributed by atoms with Gasteiger partial charge in [-0.05, 0) is 24.6 Å². The third kappa shape index (κ3) is 4.01. The molecule has 0 unspecified atom stereocenters. The first-order valence-electron chi connectivity index (χ1n) is 12.8. The number of alkyl halides is 3. The van der Waals surface area contributed by atoms with Crippen LogP contribution in [0, 0.1) is 0 Å². The van der Waals surface area contributed by atoms with Crippen molar-refractivity contribution in [1.82, 2.24) is 25.2 Å². The summed E-state index contributed by atoms with van der Waals surface area (Å²) in [6.45, 7) is 11.2. The van der Waals surface area contributed by atoms with Crippen LogP contribution >= 0.6 is 11.6 Å². The molecule has 1 saturated heterocycles. The molecule has 200 valence electrons. The molecule has 3 aliphatic heterocycles. The highest BCUT2D eigenvalue weighted by Gasteiger charge is 2.36. The summed E-state index contributed by atoms with van der Waals surface area (Å²) >= 11 is 6.72. The molecule has 11 heteroatoms. The molecule has 6 rings (SSSR count).